The van der Waals surface area contributed by atoms with Crippen molar-refractivity contribution in [3.8, 4) is 0 Å². The van der Waals surface area contributed by atoms with Gasteiger partial charge in [0.2, 0.25) is 5.91 Å². The van der Waals surface area contributed by atoms with E-state index in [0.29, 0.717) is 61.1 Å². The Balaban J connectivity index is 0.000000219. The molecule has 12 atom stereocenters. The molecule has 0 radical (unpaired) electrons. The van der Waals surface area contributed by atoms with Crippen LogP contribution in [0, 0.1) is 23.5 Å². The minimum Gasteiger partial charge on any atom is -0.383 e. The van der Waals surface area contributed by atoms with E-state index in [1.807, 2.05) is 6.92 Å². The third-order valence-electron chi connectivity index (χ3n) is 15.6. The summed E-state index contributed by atoms with van der Waals surface area (Å²) in [5.74, 6) is -3.42. The van der Waals surface area contributed by atoms with Crippen LogP contribution in [-0.4, -0.2) is 69.5 Å². The van der Waals surface area contributed by atoms with Gasteiger partial charge in [0.25, 0.3) is 5.91 Å². The largest absolute Gasteiger partial charge is 0.416 e. The Kier molecular flexibility index (Phi) is 16.0. The highest BCUT2D eigenvalue weighted by Gasteiger charge is 2.56. The van der Waals surface area contributed by atoms with Crippen molar-refractivity contribution in [1.29, 1.82) is 0 Å². The van der Waals surface area contributed by atoms with Crippen LogP contribution in [0.2, 0.25) is 0 Å². The van der Waals surface area contributed by atoms with Crippen molar-refractivity contribution in [1.82, 2.24) is 10.2 Å². The first-order valence-electron chi connectivity index (χ1n) is 24.0. The molecule has 2 saturated heterocycles. The first kappa shape index (κ1) is 57.4. The van der Waals surface area contributed by atoms with Crippen molar-refractivity contribution in [2.24, 2.45) is 11.8 Å². The summed E-state index contributed by atoms with van der Waals surface area (Å²) in [6, 6.07) is 14.0. The maximum absolute atomic E-state index is 13.7. The summed E-state index contributed by atoms with van der Waals surface area (Å²) >= 11 is 0. The molecule has 4 aliphatic rings. The van der Waals surface area contributed by atoms with Crippen molar-refractivity contribution in [2.75, 3.05) is 7.05 Å². The molecule has 2 aliphatic carbocycles. The minimum atomic E-state index is -4.99. The van der Waals surface area contributed by atoms with Crippen LogP contribution in [0.5, 0.6) is 0 Å². The number of hydrogen-bond donors (Lipinski definition) is 3. The number of carbonyl (C=O) groups excluding carboxylic acids is 2. The molecule has 2 aliphatic heterocycles. The van der Waals surface area contributed by atoms with Gasteiger partial charge in [0.15, 0.2) is 0 Å². The Morgan fingerprint density at radius 3 is 1.24 bits per heavy atom. The van der Waals surface area contributed by atoms with Crippen LogP contribution in [0.15, 0.2) is 84.9 Å². The van der Waals surface area contributed by atoms with Crippen molar-refractivity contribution >= 4 is 11.8 Å². The topological polar surface area (TPSA) is 108 Å². The van der Waals surface area contributed by atoms with E-state index in [1.165, 1.54) is 43.0 Å². The second-order valence-electron chi connectivity index (χ2n) is 20.4. The summed E-state index contributed by atoms with van der Waals surface area (Å²) in [5.41, 5.74) is -6.58. The van der Waals surface area contributed by atoms with Gasteiger partial charge >= 0.3 is 24.7 Å². The van der Waals surface area contributed by atoms with Gasteiger partial charge < -0.3 is 29.9 Å². The summed E-state index contributed by atoms with van der Waals surface area (Å²) in [6.07, 6.45) is -23.8. The number of likely N-dealkylation sites (tertiary alicyclic amines) is 1. The number of nitrogens with zero attached hydrogens (tertiary/aromatic N) is 1. The fraction of sp³-hybridized carbons (Fsp3) is 0.509. The Morgan fingerprint density at radius 2 is 0.920 bits per heavy atom. The summed E-state index contributed by atoms with van der Waals surface area (Å²) in [6.45, 7) is 6.38. The molecule has 4 aromatic rings. The zero-order valence-electron chi connectivity index (χ0n) is 40.9. The van der Waals surface area contributed by atoms with E-state index >= 15 is 0 Å². The number of likely N-dealkylation sites (N-methyl/N-ethyl adjacent to an activating group) is 1. The molecule has 4 fully saturated rings. The van der Waals surface area contributed by atoms with Crippen LogP contribution in [0.4, 0.5) is 61.5 Å². The third kappa shape index (κ3) is 12.3. The summed E-state index contributed by atoms with van der Waals surface area (Å²) in [4.78, 5) is 26.0. The number of benzene rings is 4. The second-order valence-corrected chi connectivity index (χ2v) is 20.4. The molecular weight excluding hydrogens is 1030 g/mol. The predicted molar refractivity (Wildman–Crippen MR) is 242 cm³/mol. The smallest absolute Gasteiger partial charge is 0.383 e. The van der Waals surface area contributed by atoms with Gasteiger partial charge in [-0.1, -0.05) is 24.3 Å². The maximum Gasteiger partial charge on any atom is 0.416 e. The third-order valence-corrected chi connectivity index (χ3v) is 15.6. The van der Waals surface area contributed by atoms with Crippen LogP contribution < -0.4 is 5.32 Å². The lowest BCUT2D eigenvalue weighted by Gasteiger charge is -2.42. The molecule has 4 aromatic carbocycles. The molecule has 8 nitrogen and oxygen atoms in total. The highest BCUT2D eigenvalue weighted by Crippen LogP contribution is 2.54. The average molecular weight is 1080 g/mol. The van der Waals surface area contributed by atoms with Crippen LogP contribution in [0.3, 0.4) is 0 Å². The number of hydrogen-bond acceptors (Lipinski definition) is 6. The Hall–Kier alpha value is -5.32. The molecule has 2 amide bonds. The fourth-order valence-corrected chi connectivity index (χ4v) is 11.7. The number of halogens is 14. The molecule has 2 heterocycles. The molecule has 3 N–H and O–H groups in total. The van der Waals surface area contributed by atoms with Gasteiger partial charge in [0.1, 0.15) is 23.8 Å². The van der Waals surface area contributed by atoms with Gasteiger partial charge in [-0.25, -0.2) is 8.78 Å². The fourth-order valence-electron chi connectivity index (χ4n) is 11.7. The molecule has 75 heavy (non-hydrogen) atoms. The average Bonchev–Trinajstić information content (AvgIpc) is 4.06. The predicted octanol–water partition coefficient (Wildman–Crippen LogP) is 12.6. The molecule has 0 spiro atoms. The zero-order chi connectivity index (χ0) is 55.5. The molecule has 0 aromatic heterocycles. The highest BCUT2D eigenvalue weighted by atomic mass is 19.4. The van der Waals surface area contributed by atoms with Gasteiger partial charge in [0, 0.05) is 42.8 Å². The lowest BCUT2D eigenvalue weighted by molar-refractivity contribution is -0.145. The summed E-state index contributed by atoms with van der Waals surface area (Å²) < 4.78 is 200. The molecular formula is C53H54F14N2O6. The van der Waals surface area contributed by atoms with E-state index < -0.39 is 130 Å². The monoisotopic (exact) mass is 1080 g/mol. The normalized spacial score (nSPS) is 29.3. The first-order valence-corrected chi connectivity index (χ1v) is 24.0. The first-order chi connectivity index (χ1) is 34.6. The van der Waals surface area contributed by atoms with Gasteiger partial charge in [-0.3, -0.25) is 9.59 Å². The van der Waals surface area contributed by atoms with E-state index in [1.54, 1.807) is 38.2 Å². The highest BCUT2D eigenvalue weighted by molar-refractivity contribution is 5.84. The molecule has 410 valence electrons. The van der Waals surface area contributed by atoms with Crippen molar-refractivity contribution < 1.29 is 90.7 Å². The number of rotatable bonds is 10. The van der Waals surface area contributed by atoms with Crippen molar-refractivity contribution in [3.63, 3.8) is 0 Å². The van der Waals surface area contributed by atoms with E-state index in [4.69, 9.17) is 9.47 Å². The van der Waals surface area contributed by atoms with E-state index in [9.17, 15) is 81.3 Å². The van der Waals surface area contributed by atoms with Gasteiger partial charge in [0.05, 0.1) is 46.7 Å². The van der Waals surface area contributed by atoms with Gasteiger partial charge in [-0.2, -0.15) is 52.7 Å². The number of aliphatic hydroxyl groups is 2. The van der Waals surface area contributed by atoms with E-state index in [-0.39, 0.29) is 47.9 Å². The number of aliphatic hydroxyl groups excluding tert-OH is 2. The van der Waals surface area contributed by atoms with Crippen molar-refractivity contribution in [2.45, 2.75) is 150 Å². The quantitative estimate of drug-likeness (QED) is 0.137. The van der Waals surface area contributed by atoms with Gasteiger partial charge in [-0.05, 0) is 148 Å². The van der Waals surface area contributed by atoms with Crippen LogP contribution in [0.1, 0.15) is 135 Å². The summed E-state index contributed by atoms with van der Waals surface area (Å²) in [7, 11) is 1.58. The zero-order valence-corrected chi connectivity index (χ0v) is 40.9. The Morgan fingerprint density at radius 1 is 0.560 bits per heavy atom. The molecule has 22 heteroatoms. The Labute approximate surface area is 422 Å². The number of amides is 2. The molecule has 8 rings (SSSR count). The second kappa shape index (κ2) is 20.9. The van der Waals surface area contributed by atoms with Crippen LogP contribution >= 0.6 is 0 Å². The van der Waals surface area contributed by atoms with E-state index in [0.717, 1.165) is 0 Å². The number of carbonyl (C=O) groups is 2. The standard InChI is InChI=1S/C27H28F7NO3.C26H26F7NO3/c1-14(16-10-17(26(29,30)31)12-18(11-16)27(32,33)34)38-22-9-8-20(23(22)15-4-6-19(28)7-5-15)25(2)13-21(36)24(37)35(25)3;1-13(15-9-16(25(28,29)30)11-17(10-15)26(31,32)33)37-21-8-7-19(24(2)12-20(35)23(36)34-24)22(21)14-3-5-18(27)6-4-14/h4-7,10-12,14,20-23,36H,8-9,13H2,1-3H3;3-6,9-11,13,19-22,35H,7-8,12H2,1-2H3,(H,34,36)/t14-,20-,21-,22+,23+,25+;13-,19-,20+,21+,22+,24+/m11/s1. The maximum atomic E-state index is 13.7. The van der Waals surface area contributed by atoms with Crippen LogP contribution in [-0.2, 0) is 43.8 Å². The number of alkyl halides is 12. The molecule has 0 unspecified atom stereocenters. The summed E-state index contributed by atoms with van der Waals surface area (Å²) in [5, 5.41) is 23.1. The minimum absolute atomic E-state index is 0.0675. The SMILES string of the molecule is C[C@@H](O[C@H]1CC[C@@H]([C@]2(C)C[C@@H](O)C(=O)N2C)[C@@H]1c1ccc(F)cc1)c1cc(C(F)(F)F)cc(C(F)(F)F)c1.C[C@@H](O[C@H]1CC[C@@H]([C@]2(C)C[C@H](O)C(=O)N2)[C@@H]1c1ccc(F)cc1)c1cc(C(F)(F)F)cc(C(F)(F)F)c1. The van der Waals surface area contributed by atoms with Gasteiger partial charge in [-0.15, -0.1) is 0 Å². The Bertz CT molecular complexity index is 2630. The van der Waals surface area contributed by atoms with E-state index in [2.05, 4.69) is 5.32 Å². The lowest BCUT2D eigenvalue weighted by Crippen LogP contribution is -2.48. The molecule has 2 saturated carbocycles. The molecule has 0 bridgehead atoms. The lowest BCUT2D eigenvalue weighted by atomic mass is 9.73. The number of ether oxygens (including phenoxy) is 2. The van der Waals surface area contributed by atoms with Crippen molar-refractivity contribution in [3.05, 3.63) is 141 Å². The number of nitrogens with one attached hydrogen (secondary N) is 1. The van der Waals surface area contributed by atoms with Crippen LogP contribution in [0.25, 0.3) is 0 Å².